The standard InChI is InChI=1S/C19H25N3O4/c23-7-6-17(25)21-12-19(13-21)11-20(9-15-8-16(24)10-22(15)19)18(26)14-4-2-1-3-5-14/h1-5,15-16,23-24H,6-13H2. The van der Waals surface area contributed by atoms with Gasteiger partial charge in [0.25, 0.3) is 5.91 Å². The number of carbonyl (C=O) groups is 2. The lowest BCUT2D eigenvalue weighted by Crippen LogP contribution is -2.79. The van der Waals surface area contributed by atoms with E-state index in [0.717, 1.165) is 0 Å². The number of aliphatic hydroxyl groups excluding tert-OH is 2. The topological polar surface area (TPSA) is 84.3 Å². The van der Waals surface area contributed by atoms with Gasteiger partial charge in [0.15, 0.2) is 0 Å². The predicted molar refractivity (Wildman–Crippen MR) is 94.5 cm³/mol. The summed E-state index contributed by atoms with van der Waals surface area (Å²) in [5, 5.41) is 19.1. The highest BCUT2D eigenvalue weighted by Gasteiger charge is 2.57. The highest BCUT2D eigenvalue weighted by molar-refractivity contribution is 5.94. The Balaban J connectivity index is 1.54. The summed E-state index contributed by atoms with van der Waals surface area (Å²) < 4.78 is 0. The molecule has 2 atom stereocenters. The molecule has 2 unspecified atom stereocenters. The fourth-order valence-corrected chi connectivity index (χ4v) is 4.71. The van der Waals surface area contributed by atoms with Gasteiger partial charge < -0.3 is 20.0 Å². The third-order valence-electron chi connectivity index (χ3n) is 5.87. The van der Waals surface area contributed by atoms with Gasteiger partial charge in [0.1, 0.15) is 0 Å². The van der Waals surface area contributed by atoms with Gasteiger partial charge in [-0.3, -0.25) is 14.5 Å². The van der Waals surface area contributed by atoms with Crippen molar-refractivity contribution in [3.63, 3.8) is 0 Å². The van der Waals surface area contributed by atoms with Crippen molar-refractivity contribution < 1.29 is 19.8 Å². The summed E-state index contributed by atoms with van der Waals surface area (Å²) in [6, 6.07) is 9.38. The molecule has 0 bridgehead atoms. The molecule has 1 aromatic rings. The average Bonchev–Trinajstić information content (AvgIpc) is 2.99. The summed E-state index contributed by atoms with van der Waals surface area (Å²) in [5.41, 5.74) is 0.387. The minimum Gasteiger partial charge on any atom is -0.396 e. The van der Waals surface area contributed by atoms with Gasteiger partial charge in [-0.2, -0.15) is 0 Å². The van der Waals surface area contributed by atoms with Crippen LogP contribution in [0.1, 0.15) is 23.2 Å². The summed E-state index contributed by atoms with van der Waals surface area (Å²) in [5.74, 6) is -0.0490. The van der Waals surface area contributed by atoms with Gasteiger partial charge >= 0.3 is 0 Å². The van der Waals surface area contributed by atoms with Crippen molar-refractivity contribution in [1.29, 1.82) is 0 Å². The first-order valence-corrected chi connectivity index (χ1v) is 9.20. The molecular formula is C19H25N3O4. The number of amides is 2. The SMILES string of the molecule is O=C(CCO)N1CC2(C1)CN(C(=O)c1ccccc1)CC1CC(O)CN12. The quantitative estimate of drug-likeness (QED) is 0.763. The van der Waals surface area contributed by atoms with Crippen LogP contribution < -0.4 is 0 Å². The number of hydrogen-bond donors (Lipinski definition) is 2. The van der Waals surface area contributed by atoms with E-state index in [1.165, 1.54) is 0 Å². The number of aliphatic hydroxyl groups is 2. The van der Waals surface area contributed by atoms with Crippen LogP contribution in [0, 0.1) is 0 Å². The lowest BCUT2D eigenvalue weighted by Gasteiger charge is -2.60. The Kier molecular flexibility index (Phi) is 4.46. The van der Waals surface area contributed by atoms with Crippen molar-refractivity contribution in [2.45, 2.75) is 30.5 Å². The first-order chi connectivity index (χ1) is 12.5. The minimum atomic E-state index is -0.383. The highest BCUT2D eigenvalue weighted by atomic mass is 16.3. The number of rotatable bonds is 3. The number of likely N-dealkylation sites (tertiary alicyclic amines) is 1. The molecule has 3 fully saturated rings. The Bertz CT molecular complexity index is 689. The van der Waals surface area contributed by atoms with Crippen LogP contribution in [0.25, 0.3) is 0 Å². The lowest BCUT2D eigenvalue weighted by atomic mass is 9.83. The molecule has 140 valence electrons. The maximum atomic E-state index is 12.9. The fourth-order valence-electron chi connectivity index (χ4n) is 4.71. The molecule has 4 rings (SSSR count). The van der Waals surface area contributed by atoms with Gasteiger partial charge in [-0.1, -0.05) is 18.2 Å². The Hall–Kier alpha value is -1.96. The third kappa shape index (κ3) is 2.90. The van der Waals surface area contributed by atoms with Crippen LogP contribution in [0.2, 0.25) is 0 Å². The second-order valence-corrected chi connectivity index (χ2v) is 7.70. The molecule has 3 saturated heterocycles. The van der Waals surface area contributed by atoms with E-state index >= 15 is 0 Å². The Morgan fingerprint density at radius 2 is 1.77 bits per heavy atom. The summed E-state index contributed by atoms with van der Waals surface area (Å²) in [6.07, 6.45) is 0.408. The second-order valence-electron chi connectivity index (χ2n) is 7.70. The molecule has 3 aliphatic heterocycles. The maximum Gasteiger partial charge on any atom is 0.253 e. The van der Waals surface area contributed by atoms with Crippen LogP contribution in [-0.4, -0.2) is 93.7 Å². The van der Waals surface area contributed by atoms with Crippen molar-refractivity contribution >= 4 is 11.8 Å². The van der Waals surface area contributed by atoms with E-state index in [1.54, 1.807) is 4.90 Å². The Morgan fingerprint density at radius 1 is 1.08 bits per heavy atom. The van der Waals surface area contributed by atoms with E-state index < -0.39 is 0 Å². The van der Waals surface area contributed by atoms with E-state index in [1.807, 2.05) is 35.2 Å². The second kappa shape index (κ2) is 6.64. The van der Waals surface area contributed by atoms with E-state index in [0.29, 0.717) is 44.7 Å². The number of nitrogens with zero attached hydrogens (tertiary/aromatic N) is 3. The first kappa shape index (κ1) is 17.5. The average molecular weight is 359 g/mol. The van der Waals surface area contributed by atoms with Crippen molar-refractivity contribution in [3.8, 4) is 0 Å². The van der Waals surface area contributed by atoms with Crippen LogP contribution in [0.5, 0.6) is 0 Å². The van der Waals surface area contributed by atoms with Gasteiger partial charge in [-0.15, -0.1) is 0 Å². The summed E-state index contributed by atoms with van der Waals surface area (Å²) in [6.45, 7) is 2.72. The van der Waals surface area contributed by atoms with E-state index in [-0.39, 0.29) is 42.5 Å². The Morgan fingerprint density at radius 3 is 2.46 bits per heavy atom. The normalized spacial score (nSPS) is 27.3. The molecule has 0 aliphatic carbocycles. The van der Waals surface area contributed by atoms with E-state index in [2.05, 4.69) is 4.90 Å². The number of carbonyl (C=O) groups excluding carboxylic acids is 2. The van der Waals surface area contributed by atoms with Gasteiger partial charge in [-0.25, -0.2) is 0 Å². The summed E-state index contributed by atoms with van der Waals surface area (Å²) in [7, 11) is 0. The van der Waals surface area contributed by atoms with Crippen LogP contribution in [0.15, 0.2) is 30.3 Å². The summed E-state index contributed by atoms with van der Waals surface area (Å²) >= 11 is 0. The van der Waals surface area contributed by atoms with Crippen LogP contribution in [0.4, 0.5) is 0 Å². The molecule has 3 aliphatic rings. The van der Waals surface area contributed by atoms with Crippen LogP contribution in [0.3, 0.4) is 0 Å². The number of β-amino-alcohol motifs (C(OH)–C–C–N with tert-alkyl or cyclic N) is 1. The molecule has 0 saturated carbocycles. The lowest BCUT2D eigenvalue weighted by molar-refractivity contribution is -0.154. The van der Waals surface area contributed by atoms with Crippen LogP contribution >= 0.6 is 0 Å². The molecule has 7 nitrogen and oxygen atoms in total. The number of hydrogen-bond acceptors (Lipinski definition) is 5. The smallest absolute Gasteiger partial charge is 0.253 e. The molecule has 0 radical (unpaired) electrons. The number of benzene rings is 1. The largest absolute Gasteiger partial charge is 0.396 e. The predicted octanol–water partition coefficient (Wildman–Crippen LogP) is -0.459. The first-order valence-electron chi connectivity index (χ1n) is 9.20. The molecule has 0 aromatic heterocycles. The molecular weight excluding hydrogens is 334 g/mol. The van der Waals surface area contributed by atoms with Gasteiger partial charge in [0, 0.05) is 50.7 Å². The van der Waals surface area contributed by atoms with Crippen molar-refractivity contribution in [1.82, 2.24) is 14.7 Å². The maximum absolute atomic E-state index is 12.9. The number of piperazine rings is 1. The summed E-state index contributed by atoms with van der Waals surface area (Å²) in [4.78, 5) is 30.9. The number of fused-ring (bicyclic) bond motifs is 2. The van der Waals surface area contributed by atoms with Gasteiger partial charge in [0.05, 0.1) is 18.2 Å². The van der Waals surface area contributed by atoms with Crippen LogP contribution in [-0.2, 0) is 4.79 Å². The van der Waals surface area contributed by atoms with Crippen molar-refractivity contribution in [2.24, 2.45) is 0 Å². The fraction of sp³-hybridized carbons (Fsp3) is 0.579. The molecule has 2 N–H and O–H groups in total. The molecule has 26 heavy (non-hydrogen) atoms. The monoisotopic (exact) mass is 359 g/mol. The molecule has 2 amide bonds. The third-order valence-corrected chi connectivity index (χ3v) is 5.87. The highest BCUT2D eigenvalue weighted by Crippen LogP contribution is 2.39. The van der Waals surface area contributed by atoms with E-state index in [4.69, 9.17) is 5.11 Å². The molecule has 7 heteroatoms. The van der Waals surface area contributed by atoms with Gasteiger partial charge in [-0.05, 0) is 18.6 Å². The molecule has 1 aromatic carbocycles. The minimum absolute atomic E-state index is 0.00569. The zero-order chi connectivity index (χ0) is 18.3. The van der Waals surface area contributed by atoms with E-state index in [9.17, 15) is 14.7 Å². The zero-order valence-electron chi connectivity index (χ0n) is 14.8. The van der Waals surface area contributed by atoms with Crippen molar-refractivity contribution in [2.75, 3.05) is 39.3 Å². The zero-order valence-corrected chi connectivity index (χ0v) is 14.8. The van der Waals surface area contributed by atoms with Crippen molar-refractivity contribution in [3.05, 3.63) is 35.9 Å². The van der Waals surface area contributed by atoms with Gasteiger partial charge in [0.2, 0.25) is 5.91 Å². The molecule has 3 heterocycles. The molecule has 1 spiro atoms. The Labute approximate surface area is 152 Å².